The number of carbonyl (C=O) groups is 1. The van der Waals surface area contributed by atoms with Crippen LogP contribution in [0.25, 0.3) is 0 Å². The molecule has 0 bridgehead atoms. The molecule has 1 aliphatic carbocycles. The number of nitrogens with one attached hydrogen (secondary N) is 1. The number of nitrogens with zero attached hydrogens (tertiary/aromatic N) is 1. The lowest BCUT2D eigenvalue weighted by molar-refractivity contribution is -0.384. The van der Waals surface area contributed by atoms with Gasteiger partial charge in [-0.15, -0.1) is 0 Å². The van der Waals surface area contributed by atoms with Crippen LogP contribution < -0.4 is 5.32 Å². The Bertz CT molecular complexity index is 630. The summed E-state index contributed by atoms with van der Waals surface area (Å²) in [6.45, 7) is 6.66. The van der Waals surface area contributed by atoms with Crippen molar-refractivity contribution in [2.45, 2.75) is 52.5 Å². The first kappa shape index (κ1) is 19.2. The molecule has 0 amide bonds. The lowest BCUT2D eigenvalue weighted by Crippen LogP contribution is -2.38. The topological polar surface area (TPSA) is 81.5 Å². The van der Waals surface area contributed by atoms with E-state index in [1.165, 1.54) is 19.6 Å². The van der Waals surface area contributed by atoms with Crippen molar-refractivity contribution in [3.8, 4) is 0 Å². The van der Waals surface area contributed by atoms with E-state index >= 15 is 0 Å². The number of nitro groups is 1. The Morgan fingerprint density at radius 1 is 1.40 bits per heavy atom. The van der Waals surface area contributed by atoms with Crippen LogP contribution in [0.5, 0.6) is 0 Å². The first-order chi connectivity index (χ1) is 11.8. The molecule has 0 saturated heterocycles. The average molecular weight is 348 g/mol. The van der Waals surface area contributed by atoms with Crippen LogP contribution in [0.1, 0.15) is 45.6 Å². The van der Waals surface area contributed by atoms with Crippen molar-refractivity contribution in [2.24, 2.45) is 17.8 Å². The van der Waals surface area contributed by atoms with Crippen molar-refractivity contribution in [2.75, 3.05) is 12.4 Å². The molecule has 25 heavy (non-hydrogen) atoms. The van der Waals surface area contributed by atoms with Crippen LogP contribution in [0.2, 0.25) is 0 Å². The molecule has 138 valence electrons. The molecule has 6 nitrogen and oxygen atoms in total. The summed E-state index contributed by atoms with van der Waals surface area (Å²) in [4.78, 5) is 22.5. The van der Waals surface area contributed by atoms with Crippen LogP contribution in [0.3, 0.4) is 0 Å². The summed E-state index contributed by atoms with van der Waals surface area (Å²) in [5.41, 5.74) is 1.13. The van der Waals surface area contributed by atoms with Gasteiger partial charge in [-0.3, -0.25) is 14.9 Å². The van der Waals surface area contributed by atoms with Crippen molar-refractivity contribution < 1.29 is 14.5 Å². The molecule has 1 fully saturated rings. The molecule has 6 heteroatoms. The quantitative estimate of drug-likeness (QED) is 0.474. The number of carbonyl (C=O) groups excluding carboxylic acids is 1. The molecule has 3 atom stereocenters. The number of esters is 1. The van der Waals surface area contributed by atoms with Gasteiger partial charge in [-0.1, -0.05) is 33.3 Å². The first-order valence-corrected chi connectivity index (χ1v) is 8.92. The molecule has 0 aliphatic heterocycles. The Labute approximate surface area is 149 Å². The molecule has 2 rings (SSSR count). The highest BCUT2D eigenvalue weighted by atomic mass is 16.6. The van der Waals surface area contributed by atoms with Gasteiger partial charge in [0.05, 0.1) is 18.5 Å². The number of ether oxygens (including phenoxy) is 1. The summed E-state index contributed by atoms with van der Waals surface area (Å²) in [6.07, 6.45) is 3.41. The van der Waals surface area contributed by atoms with E-state index in [9.17, 15) is 14.9 Å². The summed E-state index contributed by atoms with van der Waals surface area (Å²) in [5, 5.41) is 14.9. The normalized spacial score (nSPS) is 23.3. The van der Waals surface area contributed by atoms with E-state index in [-0.39, 0.29) is 23.1 Å². The van der Waals surface area contributed by atoms with E-state index in [0.29, 0.717) is 29.0 Å². The van der Waals surface area contributed by atoms with Gasteiger partial charge < -0.3 is 10.1 Å². The second kappa shape index (κ2) is 8.32. The third-order valence-electron chi connectivity index (χ3n) is 5.20. The number of methoxy groups -OCH3 is 1. The zero-order valence-corrected chi connectivity index (χ0v) is 15.5. The Balaban J connectivity index is 2.24. The Kier molecular flexibility index (Phi) is 6.39. The second-order valence-corrected chi connectivity index (χ2v) is 7.44. The standard InChI is InChI=1S/C19H28N2O4/c1-12(2)15-7-5-13(3)9-17(15)20-16-8-6-14(11-19(22)25-4)10-18(16)21(23)24/h6,8,10,12-13,15,17,20H,5,7,9,11H2,1-4H3/t13-,15+,17-/m1/s1. The van der Waals surface area contributed by atoms with E-state index in [0.717, 1.165) is 12.8 Å². The van der Waals surface area contributed by atoms with Crippen LogP contribution >= 0.6 is 0 Å². The van der Waals surface area contributed by atoms with Crippen molar-refractivity contribution in [1.29, 1.82) is 0 Å². The third kappa shape index (κ3) is 4.94. The molecule has 1 N–H and O–H groups in total. The fraction of sp³-hybridized carbons (Fsp3) is 0.632. The molecule has 1 saturated carbocycles. The maximum atomic E-state index is 11.5. The Morgan fingerprint density at radius 2 is 2.12 bits per heavy atom. The van der Waals surface area contributed by atoms with Crippen LogP contribution in [-0.2, 0) is 16.0 Å². The van der Waals surface area contributed by atoms with Crippen LogP contribution in [0.15, 0.2) is 18.2 Å². The minimum atomic E-state index is -0.406. The van der Waals surface area contributed by atoms with E-state index in [1.807, 2.05) is 0 Å². The van der Waals surface area contributed by atoms with Gasteiger partial charge in [-0.25, -0.2) is 0 Å². The molecule has 1 aromatic carbocycles. The van der Waals surface area contributed by atoms with Gasteiger partial charge >= 0.3 is 5.97 Å². The highest BCUT2D eigenvalue weighted by Crippen LogP contribution is 2.37. The van der Waals surface area contributed by atoms with Gasteiger partial charge in [0.2, 0.25) is 0 Å². The minimum Gasteiger partial charge on any atom is -0.469 e. The van der Waals surface area contributed by atoms with Crippen LogP contribution in [-0.4, -0.2) is 24.0 Å². The van der Waals surface area contributed by atoms with Gasteiger partial charge in [0.15, 0.2) is 0 Å². The number of anilines is 1. The number of nitro benzene ring substituents is 1. The zero-order valence-electron chi connectivity index (χ0n) is 15.5. The monoisotopic (exact) mass is 348 g/mol. The Hall–Kier alpha value is -2.11. The SMILES string of the molecule is COC(=O)Cc1ccc(N[C@@H]2C[C@H](C)CC[C@H]2C(C)C)c([N+](=O)[O-])c1. The fourth-order valence-electron chi connectivity index (χ4n) is 3.77. The predicted molar refractivity (Wildman–Crippen MR) is 97.6 cm³/mol. The summed E-state index contributed by atoms with van der Waals surface area (Å²) >= 11 is 0. The molecule has 0 aromatic heterocycles. The Morgan fingerprint density at radius 3 is 2.72 bits per heavy atom. The minimum absolute atomic E-state index is 0.0159. The first-order valence-electron chi connectivity index (χ1n) is 8.92. The summed E-state index contributed by atoms with van der Waals surface area (Å²) < 4.78 is 4.63. The molecular formula is C19H28N2O4. The van der Waals surface area contributed by atoms with Crippen molar-refractivity contribution in [1.82, 2.24) is 0 Å². The molecule has 1 aromatic rings. The fourth-order valence-corrected chi connectivity index (χ4v) is 3.77. The van der Waals surface area contributed by atoms with E-state index < -0.39 is 5.97 Å². The smallest absolute Gasteiger partial charge is 0.309 e. The molecule has 0 heterocycles. The molecular weight excluding hydrogens is 320 g/mol. The zero-order chi connectivity index (χ0) is 18.6. The van der Waals surface area contributed by atoms with Gasteiger partial charge in [0.1, 0.15) is 5.69 Å². The lowest BCUT2D eigenvalue weighted by Gasteiger charge is -2.38. The largest absolute Gasteiger partial charge is 0.469 e. The maximum Gasteiger partial charge on any atom is 0.309 e. The highest BCUT2D eigenvalue weighted by Gasteiger charge is 2.32. The average Bonchev–Trinajstić information content (AvgIpc) is 2.55. The second-order valence-electron chi connectivity index (χ2n) is 7.44. The number of benzene rings is 1. The highest BCUT2D eigenvalue weighted by molar-refractivity contribution is 5.74. The third-order valence-corrected chi connectivity index (χ3v) is 5.20. The van der Waals surface area contributed by atoms with Gasteiger partial charge in [0, 0.05) is 12.1 Å². The summed E-state index contributed by atoms with van der Waals surface area (Å²) in [7, 11) is 1.31. The number of hydrogen-bond acceptors (Lipinski definition) is 5. The van der Waals surface area contributed by atoms with Gasteiger partial charge in [-0.05, 0) is 42.2 Å². The number of rotatable bonds is 6. The van der Waals surface area contributed by atoms with Crippen LogP contribution in [0.4, 0.5) is 11.4 Å². The van der Waals surface area contributed by atoms with E-state index in [4.69, 9.17) is 0 Å². The number of hydrogen-bond donors (Lipinski definition) is 1. The van der Waals surface area contributed by atoms with Gasteiger partial charge in [-0.2, -0.15) is 0 Å². The summed E-state index contributed by atoms with van der Waals surface area (Å²) in [5.74, 6) is 1.24. The lowest BCUT2D eigenvalue weighted by atomic mass is 9.74. The van der Waals surface area contributed by atoms with Crippen molar-refractivity contribution in [3.05, 3.63) is 33.9 Å². The van der Waals surface area contributed by atoms with Crippen LogP contribution in [0, 0.1) is 27.9 Å². The van der Waals surface area contributed by atoms with Crippen molar-refractivity contribution in [3.63, 3.8) is 0 Å². The molecule has 0 unspecified atom stereocenters. The summed E-state index contributed by atoms with van der Waals surface area (Å²) in [6, 6.07) is 5.17. The maximum absolute atomic E-state index is 11.5. The van der Waals surface area contributed by atoms with E-state index in [1.54, 1.807) is 12.1 Å². The molecule has 0 spiro atoms. The van der Waals surface area contributed by atoms with E-state index in [2.05, 4.69) is 30.8 Å². The van der Waals surface area contributed by atoms with Gasteiger partial charge in [0.25, 0.3) is 5.69 Å². The molecule has 1 aliphatic rings. The predicted octanol–water partition coefficient (Wildman–Crippen LogP) is 4.18. The van der Waals surface area contributed by atoms with Crippen molar-refractivity contribution >= 4 is 17.3 Å². The molecule has 0 radical (unpaired) electrons.